The van der Waals surface area contributed by atoms with Crippen molar-refractivity contribution in [2.24, 2.45) is 0 Å². The van der Waals surface area contributed by atoms with Crippen LogP contribution in [0.5, 0.6) is 11.5 Å². The molecule has 2 aliphatic heterocycles. The third-order valence-corrected chi connectivity index (χ3v) is 15.6. The highest BCUT2D eigenvalue weighted by atomic mass is 31.2. The molecule has 0 aliphatic carbocycles. The molecule has 2 aliphatic rings. The predicted molar refractivity (Wildman–Crippen MR) is 281 cm³/mol. The lowest BCUT2D eigenvalue weighted by atomic mass is 9.76. The number of ether oxygens (including phenoxy) is 4. The van der Waals surface area contributed by atoms with E-state index in [0.717, 1.165) is 27.7 Å². The molecule has 0 radical (unpaired) electrons. The summed E-state index contributed by atoms with van der Waals surface area (Å²) in [5.74, 6) is 1.37. The molecule has 382 valence electrons. The van der Waals surface area contributed by atoms with Gasteiger partial charge >= 0.3 is 12.8 Å². The first-order chi connectivity index (χ1) is 34.5. The lowest BCUT2D eigenvalue weighted by Crippen LogP contribution is -2.41. The molecule has 15 nitrogen and oxygen atoms in total. The number of aromatic nitrogens is 2. The number of benzene rings is 4. The maximum atomic E-state index is 13.8. The summed E-state index contributed by atoms with van der Waals surface area (Å²) >= 11 is 0. The Labute approximate surface area is 425 Å². The van der Waals surface area contributed by atoms with Gasteiger partial charge in [-0.05, 0) is 107 Å². The second-order valence-corrected chi connectivity index (χ2v) is 20.8. The van der Waals surface area contributed by atoms with E-state index >= 15 is 0 Å². The Morgan fingerprint density at radius 2 is 1.46 bits per heavy atom. The topological polar surface area (TPSA) is 168 Å². The zero-order valence-corrected chi connectivity index (χ0v) is 44.0. The molecule has 2 saturated heterocycles. The number of aromatic amines is 1. The number of nitriles is 1. The van der Waals surface area contributed by atoms with E-state index in [2.05, 4.69) is 48.7 Å². The van der Waals surface area contributed by atoms with Crippen LogP contribution in [0.4, 0.5) is 0 Å². The fourth-order valence-electron chi connectivity index (χ4n) is 9.03. The fourth-order valence-corrected chi connectivity index (χ4v) is 10.8. The Morgan fingerprint density at radius 3 is 2.04 bits per heavy atom. The van der Waals surface area contributed by atoms with Crippen molar-refractivity contribution in [1.82, 2.24) is 19.5 Å². The standard InChI is InChI=1S/C55H69BN5O10P/c1-38(2)61(39(3)4)72(67-33-17-31-57)69-48-34-50(60-36-41(51(62)59-52(60)63)19-16-32-58-35-40-18-14-15-22-47(40)56-70-53(5,6)54(7,8)71-56)68-49(48)37-66-55(42-20-12-11-13-21-42,43-23-27-45(64-9)28-24-43)44-25-29-46(65-10)30-26-44/h11-16,18-30,36,38-39,48-50,58H,17,32-35,37H2,1-10H3,(H,59,62,63)/t48?,49-,50-,72?/m1/s1. The maximum Gasteiger partial charge on any atom is 0.495 e. The molecule has 2 fully saturated rings. The molecule has 0 amide bonds. The Kier molecular flexibility index (Phi) is 18.2. The van der Waals surface area contributed by atoms with E-state index in [1.165, 1.54) is 10.8 Å². The number of rotatable bonds is 23. The van der Waals surface area contributed by atoms with Crippen LogP contribution < -0.4 is 31.5 Å². The Balaban J connectivity index is 1.19. The first kappa shape index (κ1) is 54.3. The van der Waals surface area contributed by atoms with Gasteiger partial charge < -0.3 is 42.6 Å². The largest absolute Gasteiger partial charge is 0.497 e. The summed E-state index contributed by atoms with van der Waals surface area (Å²) in [6, 6.07) is 35.7. The number of hydrogen-bond donors (Lipinski definition) is 2. The SMILES string of the molecule is COc1ccc(C(OC[C@H]2O[C@@H](n3cc(C=CCNCc4ccccc4B4OC(C)(C)C(C)(C)O4)c(=O)[nH]c3=O)CC2OP(OCCC#N)N(C(C)C)C(C)C)(c2ccccc2)c2ccc(OC)cc2)cc1. The summed E-state index contributed by atoms with van der Waals surface area (Å²) in [6.07, 6.45) is 3.14. The molecule has 5 aromatic rings. The summed E-state index contributed by atoms with van der Waals surface area (Å²) in [6.45, 7) is 17.5. The van der Waals surface area contributed by atoms with E-state index < -0.39 is 62.1 Å². The summed E-state index contributed by atoms with van der Waals surface area (Å²) in [7, 11) is 1.01. The monoisotopic (exact) mass is 1000 g/mol. The van der Waals surface area contributed by atoms with Crippen molar-refractivity contribution >= 4 is 27.2 Å². The quantitative estimate of drug-likeness (QED) is 0.0277. The lowest BCUT2D eigenvalue weighted by molar-refractivity contribution is -0.0925. The Bertz CT molecular complexity index is 2670. The van der Waals surface area contributed by atoms with Gasteiger partial charge in [0.15, 0.2) is 0 Å². The van der Waals surface area contributed by atoms with E-state index in [-0.39, 0.29) is 43.7 Å². The zero-order chi connectivity index (χ0) is 51.6. The van der Waals surface area contributed by atoms with Crippen LogP contribution in [0, 0.1) is 11.3 Å². The van der Waals surface area contributed by atoms with E-state index in [0.29, 0.717) is 24.6 Å². The van der Waals surface area contributed by atoms with E-state index in [9.17, 15) is 14.9 Å². The van der Waals surface area contributed by atoms with Crippen molar-refractivity contribution in [1.29, 1.82) is 5.26 Å². The first-order valence-electron chi connectivity index (χ1n) is 24.6. The first-order valence-corrected chi connectivity index (χ1v) is 25.7. The van der Waals surface area contributed by atoms with Gasteiger partial charge in [-0.25, -0.2) is 9.46 Å². The highest BCUT2D eigenvalue weighted by molar-refractivity contribution is 7.44. The van der Waals surface area contributed by atoms with Crippen molar-refractivity contribution in [3.8, 4) is 17.6 Å². The third kappa shape index (κ3) is 12.3. The molecule has 0 bridgehead atoms. The minimum atomic E-state index is -1.74. The fraction of sp³-hybridized carbons (Fsp3) is 0.436. The zero-order valence-electron chi connectivity index (χ0n) is 43.1. The highest BCUT2D eigenvalue weighted by Gasteiger charge is 2.52. The van der Waals surface area contributed by atoms with Gasteiger partial charge in [-0.1, -0.05) is 91.0 Å². The molecule has 0 spiro atoms. The number of hydrogen-bond acceptors (Lipinski definition) is 13. The van der Waals surface area contributed by atoms with Crippen LogP contribution in [0.1, 0.15) is 102 Å². The maximum absolute atomic E-state index is 13.8. The number of methoxy groups -OCH3 is 2. The van der Waals surface area contributed by atoms with Gasteiger partial charge in [0.1, 0.15) is 29.4 Å². The second-order valence-electron chi connectivity index (χ2n) is 19.4. The van der Waals surface area contributed by atoms with Gasteiger partial charge in [0.05, 0.1) is 62.8 Å². The van der Waals surface area contributed by atoms with Gasteiger partial charge in [0, 0.05) is 37.8 Å². The normalized spacial score (nSPS) is 19.1. The van der Waals surface area contributed by atoms with Crippen LogP contribution in [0.15, 0.2) is 125 Å². The van der Waals surface area contributed by atoms with Crippen molar-refractivity contribution < 1.29 is 37.3 Å². The van der Waals surface area contributed by atoms with Gasteiger partial charge in [-0.2, -0.15) is 5.26 Å². The molecule has 4 atom stereocenters. The van der Waals surface area contributed by atoms with Crippen LogP contribution >= 0.6 is 8.53 Å². The minimum absolute atomic E-state index is 0.00692. The van der Waals surface area contributed by atoms with Crippen molar-refractivity contribution in [3.63, 3.8) is 0 Å². The summed E-state index contributed by atoms with van der Waals surface area (Å²) in [5, 5.41) is 12.9. The number of H-pyrrole nitrogens is 1. The molecule has 4 aromatic carbocycles. The smallest absolute Gasteiger partial charge is 0.495 e. The van der Waals surface area contributed by atoms with E-state index in [4.69, 9.17) is 37.3 Å². The molecule has 2 unspecified atom stereocenters. The highest BCUT2D eigenvalue weighted by Crippen LogP contribution is 2.51. The lowest BCUT2D eigenvalue weighted by Gasteiger charge is -2.39. The molecule has 0 saturated carbocycles. The molecule has 17 heteroatoms. The Hall–Kier alpha value is -5.44. The molecule has 3 heterocycles. The van der Waals surface area contributed by atoms with Gasteiger partial charge in [0.25, 0.3) is 14.1 Å². The number of nitrogens with one attached hydrogen (secondary N) is 2. The second kappa shape index (κ2) is 24.1. The third-order valence-electron chi connectivity index (χ3n) is 13.4. The molecule has 7 rings (SSSR count). The molecular weight excluding hydrogens is 932 g/mol. The summed E-state index contributed by atoms with van der Waals surface area (Å²) in [5.41, 5.74) is 1.48. The minimum Gasteiger partial charge on any atom is -0.497 e. The van der Waals surface area contributed by atoms with E-state index in [1.807, 2.05) is 137 Å². The molecular formula is C55H69BN5O10P. The van der Waals surface area contributed by atoms with Crippen LogP contribution in [-0.2, 0) is 40.0 Å². The van der Waals surface area contributed by atoms with Gasteiger partial charge in [-0.3, -0.25) is 14.3 Å². The van der Waals surface area contributed by atoms with Crippen LogP contribution in [0.3, 0.4) is 0 Å². The average Bonchev–Trinajstić information content (AvgIpc) is 3.86. The van der Waals surface area contributed by atoms with Crippen molar-refractivity contribution in [2.45, 2.75) is 122 Å². The van der Waals surface area contributed by atoms with Crippen LogP contribution in [0.25, 0.3) is 6.08 Å². The predicted octanol–water partition coefficient (Wildman–Crippen LogP) is 8.61. The summed E-state index contributed by atoms with van der Waals surface area (Å²) in [4.78, 5) is 29.7. The Morgan fingerprint density at radius 1 is 0.875 bits per heavy atom. The van der Waals surface area contributed by atoms with E-state index in [1.54, 1.807) is 20.3 Å². The van der Waals surface area contributed by atoms with Crippen molar-refractivity contribution in [2.75, 3.05) is 34.0 Å². The number of nitrogens with zero attached hydrogens (tertiary/aromatic N) is 3. The van der Waals surface area contributed by atoms with Crippen molar-refractivity contribution in [3.05, 3.63) is 164 Å². The van der Waals surface area contributed by atoms with Gasteiger partial charge in [-0.15, -0.1) is 0 Å². The van der Waals surface area contributed by atoms with Crippen LogP contribution in [-0.4, -0.2) is 90.8 Å². The molecule has 72 heavy (non-hydrogen) atoms. The van der Waals surface area contributed by atoms with Gasteiger partial charge in [0.2, 0.25) is 0 Å². The summed E-state index contributed by atoms with van der Waals surface area (Å²) < 4.78 is 55.1. The molecule has 1 aromatic heterocycles. The average molecular weight is 1000 g/mol. The molecule has 2 N–H and O–H groups in total. The van der Waals surface area contributed by atoms with Crippen LogP contribution in [0.2, 0.25) is 0 Å².